The summed E-state index contributed by atoms with van der Waals surface area (Å²) in [6.07, 6.45) is 0.269. The third kappa shape index (κ3) is 5.27. The van der Waals surface area contributed by atoms with Crippen molar-refractivity contribution in [3.8, 4) is 5.75 Å². The van der Waals surface area contributed by atoms with E-state index in [0.717, 1.165) is 16.9 Å². The number of halogens is 1. The molecule has 0 saturated heterocycles. The fourth-order valence-electron chi connectivity index (χ4n) is 2.29. The van der Waals surface area contributed by atoms with Crippen LogP contribution in [-0.4, -0.2) is 36.2 Å². The number of hydrogen-bond acceptors (Lipinski definition) is 3. The number of aliphatic hydroxyl groups excluding tert-OH is 1. The van der Waals surface area contributed by atoms with Crippen LogP contribution in [0, 0.1) is 0 Å². The topological polar surface area (TPSA) is 49.8 Å². The van der Waals surface area contributed by atoms with E-state index in [1.54, 1.807) is 24.1 Å². The fraction of sp³-hybridized carbons (Fsp3) is 0.278. The van der Waals surface area contributed by atoms with Crippen molar-refractivity contribution in [2.45, 2.75) is 13.0 Å². The first-order valence-corrected chi connectivity index (χ1v) is 7.76. The summed E-state index contributed by atoms with van der Waals surface area (Å²) in [5.74, 6) is 0.684. The van der Waals surface area contributed by atoms with Gasteiger partial charge < -0.3 is 14.7 Å². The number of amides is 1. The molecule has 1 amide bonds. The first-order chi connectivity index (χ1) is 11.1. The molecule has 0 unspecified atom stereocenters. The Morgan fingerprint density at radius 3 is 2.57 bits per heavy atom. The van der Waals surface area contributed by atoms with E-state index in [1.165, 1.54) is 0 Å². The van der Waals surface area contributed by atoms with Crippen LogP contribution in [0.5, 0.6) is 5.75 Å². The molecule has 122 valence electrons. The van der Waals surface area contributed by atoms with Gasteiger partial charge in [0.2, 0.25) is 5.91 Å². The van der Waals surface area contributed by atoms with Crippen molar-refractivity contribution in [3.63, 3.8) is 0 Å². The van der Waals surface area contributed by atoms with Gasteiger partial charge in [-0.3, -0.25) is 4.79 Å². The molecule has 2 rings (SSSR count). The fourth-order valence-corrected chi connectivity index (χ4v) is 2.42. The molecule has 4 nitrogen and oxygen atoms in total. The Kier molecular flexibility index (Phi) is 6.44. The molecule has 2 aromatic rings. The molecular formula is C18H20ClNO3. The summed E-state index contributed by atoms with van der Waals surface area (Å²) in [4.78, 5) is 14.2. The number of carbonyl (C=O) groups excluding carboxylic acids is 1. The molecule has 0 heterocycles. The van der Waals surface area contributed by atoms with Gasteiger partial charge in [0.15, 0.2) is 0 Å². The van der Waals surface area contributed by atoms with Gasteiger partial charge >= 0.3 is 0 Å². The van der Waals surface area contributed by atoms with E-state index in [9.17, 15) is 9.90 Å². The number of ether oxygens (including phenoxy) is 1. The Balaban J connectivity index is 2.06. The van der Waals surface area contributed by atoms with Gasteiger partial charge in [-0.2, -0.15) is 0 Å². The van der Waals surface area contributed by atoms with Crippen molar-refractivity contribution in [2.24, 2.45) is 0 Å². The smallest absolute Gasteiger partial charge is 0.227 e. The molecule has 0 radical (unpaired) electrons. The van der Waals surface area contributed by atoms with Crippen LogP contribution < -0.4 is 4.74 Å². The highest BCUT2D eigenvalue weighted by molar-refractivity contribution is 6.30. The number of benzene rings is 2. The monoisotopic (exact) mass is 333 g/mol. The van der Waals surface area contributed by atoms with Gasteiger partial charge in [0.05, 0.1) is 20.1 Å². The van der Waals surface area contributed by atoms with Crippen LogP contribution in [0.2, 0.25) is 5.02 Å². The standard InChI is InChI=1S/C18H20ClNO3/c1-23-17-4-2-3-15(11-17)12-18(22)20(9-10-21)13-14-5-7-16(19)8-6-14/h2-8,11,21H,9-10,12-13H2,1H3. The second-order valence-corrected chi connectivity index (χ2v) is 5.63. The lowest BCUT2D eigenvalue weighted by Gasteiger charge is -2.22. The average Bonchev–Trinajstić information content (AvgIpc) is 2.56. The number of nitrogens with zero attached hydrogens (tertiary/aromatic N) is 1. The number of rotatable bonds is 7. The molecule has 1 N–H and O–H groups in total. The van der Waals surface area contributed by atoms with Gasteiger partial charge in [-0.05, 0) is 35.4 Å². The van der Waals surface area contributed by atoms with Gasteiger partial charge in [0.1, 0.15) is 5.75 Å². The van der Waals surface area contributed by atoms with E-state index in [4.69, 9.17) is 16.3 Å². The van der Waals surface area contributed by atoms with Crippen LogP contribution in [0.25, 0.3) is 0 Å². The molecule has 0 aliphatic carbocycles. The zero-order valence-electron chi connectivity index (χ0n) is 13.0. The minimum Gasteiger partial charge on any atom is -0.497 e. The number of hydrogen-bond donors (Lipinski definition) is 1. The minimum absolute atomic E-state index is 0.0396. The zero-order chi connectivity index (χ0) is 16.7. The molecule has 5 heteroatoms. The molecular weight excluding hydrogens is 314 g/mol. The highest BCUT2D eigenvalue weighted by Crippen LogP contribution is 2.15. The predicted octanol–water partition coefficient (Wildman–Crippen LogP) is 2.91. The maximum atomic E-state index is 12.5. The Labute approximate surface area is 141 Å². The highest BCUT2D eigenvalue weighted by Gasteiger charge is 2.14. The Hall–Kier alpha value is -2.04. The predicted molar refractivity (Wildman–Crippen MR) is 90.7 cm³/mol. The van der Waals surface area contributed by atoms with E-state index in [-0.39, 0.29) is 18.9 Å². The second-order valence-electron chi connectivity index (χ2n) is 5.19. The summed E-state index contributed by atoms with van der Waals surface area (Å²) >= 11 is 5.88. The van der Waals surface area contributed by atoms with Crippen molar-refractivity contribution < 1.29 is 14.6 Å². The molecule has 0 aliphatic heterocycles. The molecule has 0 bridgehead atoms. The molecule has 0 spiro atoms. The summed E-state index contributed by atoms with van der Waals surface area (Å²) in [5, 5.41) is 9.88. The summed E-state index contributed by atoms with van der Waals surface area (Å²) in [7, 11) is 1.60. The summed E-state index contributed by atoms with van der Waals surface area (Å²) < 4.78 is 5.17. The lowest BCUT2D eigenvalue weighted by molar-refractivity contribution is -0.131. The molecule has 0 aromatic heterocycles. The van der Waals surface area contributed by atoms with Gasteiger partial charge in [0, 0.05) is 18.1 Å². The van der Waals surface area contributed by atoms with Crippen molar-refractivity contribution in [1.29, 1.82) is 0 Å². The van der Waals surface area contributed by atoms with E-state index < -0.39 is 0 Å². The summed E-state index contributed by atoms with van der Waals surface area (Å²) in [6.45, 7) is 0.670. The van der Waals surface area contributed by atoms with Crippen LogP contribution in [0.3, 0.4) is 0 Å². The van der Waals surface area contributed by atoms with Crippen LogP contribution in [0.4, 0.5) is 0 Å². The first kappa shape index (κ1) is 17.3. The minimum atomic E-state index is -0.0720. The second kappa shape index (κ2) is 8.56. The van der Waals surface area contributed by atoms with Crippen LogP contribution in [0.1, 0.15) is 11.1 Å². The number of methoxy groups -OCH3 is 1. The maximum Gasteiger partial charge on any atom is 0.227 e. The Bertz CT molecular complexity index is 643. The van der Waals surface area contributed by atoms with Crippen molar-refractivity contribution in [3.05, 3.63) is 64.7 Å². The van der Waals surface area contributed by atoms with Crippen molar-refractivity contribution in [2.75, 3.05) is 20.3 Å². The average molecular weight is 334 g/mol. The molecule has 2 aromatic carbocycles. The lowest BCUT2D eigenvalue weighted by Crippen LogP contribution is -2.34. The quantitative estimate of drug-likeness (QED) is 0.847. The van der Waals surface area contributed by atoms with Crippen molar-refractivity contribution in [1.82, 2.24) is 4.90 Å². The molecule has 0 saturated carbocycles. The van der Waals surface area contributed by atoms with Gasteiger partial charge in [-0.15, -0.1) is 0 Å². The molecule has 0 atom stereocenters. The first-order valence-electron chi connectivity index (χ1n) is 7.38. The van der Waals surface area contributed by atoms with E-state index in [1.807, 2.05) is 36.4 Å². The van der Waals surface area contributed by atoms with Gasteiger partial charge in [-0.25, -0.2) is 0 Å². The van der Waals surface area contributed by atoms with Crippen LogP contribution in [-0.2, 0) is 17.8 Å². The summed E-state index contributed by atoms with van der Waals surface area (Å²) in [5.41, 5.74) is 1.86. The third-order valence-corrected chi connectivity index (χ3v) is 3.75. The largest absolute Gasteiger partial charge is 0.497 e. The Morgan fingerprint density at radius 1 is 1.17 bits per heavy atom. The van der Waals surface area contributed by atoms with Gasteiger partial charge in [-0.1, -0.05) is 35.9 Å². The van der Waals surface area contributed by atoms with E-state index in [0.29, 0.717) is 18.1 Å². The maximum absolute atomic E-state index is 12.5. The SMILES string of the molecule is COc1cccc(CC(=O)N(CCO)Cc2ccc(Cl)cc2)c1. The van der Waals surface area contributed by atoms with Crippen LogP contribution in [0.15, 0.2) is 48.5 Å². The van der Waals surface area contributed by atoms with E-state index in [2.05, 4.69) is 0 Å². The normalized spacial score (nSPS) is 10.4. The lowest BCUT2D eigenvalue weighted by atomic mass is 10.1. The zero-order valence-corrected chi connectivity index (χ0v) is 13.8. The Morgan fingerprint density at radius 2 is 1.91 bits per heavy atom. The molecule has 0 aliphatic rings. The van der Waals surface area contributed by atoms with Crippen LogP contribution >= 0.6 is 11.6 Å². The number of carbonyl (C=O) groups is 1. The summed E-state index contributed by atoms with van der Waals surface area (Å²) in [6, 6.07) is 14.8. The number of aliphatic hydroxyl groups is 1. The molecule has 23 heavy (non-hydrogen) atoms. The third-order valence-electron chi connectivity index (χ3n) is 3.50. The highest BCUT2D eigenvalue weighted by atomic mass is 35.5. The molecule has 0 fully saturated rings. The van der Waals surface area contributed by atoms with Crippen molar-refractivity contribution >= 4 is 17.5 Å². The van der Waals surface area contributed by atoms with Gasteiger partial charge in [0.25, 0.3) is 0 Å². The van der Waals surface area contributed by atoms with E-state index >= 15 is 0 Å².